The van der Waals surface area contributed by atoms with Gasteiger partial charge in [0.15, 0.2) is 11.6 Å². The van der Waals surface area contributed by atoms with Crippen molar-refractivity contribution in [1.82, 2.24) is 0 Å². The Morgan fingerprint density at radius 1 is 0.724 bits per heavy atom. The number of ketones is 2. The third kappa shape index (κ3) is 5.00. The van der Waals surface area contributed by atoms with E-state index in [0.29, 0.717) is 34.4 Å². The van der Waals surface area contributed by atoms with E-state index in [0.717, 1.165) is 19.3 Å². The first kappa shape index (κ1) is 21.0. The fraction of sp³-hybridized carbons (Fsp3) is 0.400. The number of benzene rings is 2. The molecule has 0 saturated carbocycles. The summed E-state index contributed by atoms with van der Waals surface area (Å²) in [5.41, 5.74) is 1.92. The van der Waals surface area contributed by atoms with Crippen LogP contribution in [-0.2, 0) is 4.79 Å². The van der Waals surface area contributed by atoms with Crippen molar-refractivity contribution in [3.63, 3.8) is 0 Å². The van der Waals surface area contributed by atoms with Crippen LogP contribution in [0.5, 0.6) is 0 Å². The molecule has 4 heteroatoms. The van der Waals surface area contributed by atoms with Gasteiger partial charge < -0.3 is 5.32 Å². The van der Waals surface area contributed by atoms with Gasteiger partial charge in [0.05, 0.1) is 11.3 Å². The number of carbonyl (C=O) groups is 3. The van der Waals surface area contributed by atoms with E-state index in [1.807, 2.05) is 0 Å². The maximum absolute atomic E-state index is 13.0. The largest absolute Gasteiger partial charge is 0.325 e. The maximum atomic E-state index is 13.0. The Kier molecular flexibility index (Phi) is 7.34. The summed E-state index contributed by atoms with van der Waals surface area (Å²) in [7, 11) is 0. The van der Waals surface area contributed by atoms with E-state index >= 15 is 0 Å². The van der Waals surface area contributed by atoms with Gasteiger partial charge in [-0.25, -0.2) is 0 Å². The monoisotopic (exact) mass is 391 g/mol. The summed E-state index contributed by atoms with van der Waals surface area (Å²) in [6.07, 6.45) is 9.81. The second kappa shape index (κ2) is 10.1. The average molecular weight is 392 g/mol. The topological polar surface area (TPSA) is 63.2 Å². The van der Waals surface area contributed by atoms with E-state index < -0.39 is 0 Å². The summed E-state index contributed by atoms with van der Waals surface area (Å²) < 4.78 is 0. The number of hydrogen-bond acceptors (Lipinski definition) is 3. The maximum Gasteiger partial charge on any atom is 0.224 e. The Balaban J connectivity index is 1.58. The van der Waals surface area contributed by atoms with Crippen molar-refractivity contribution in [2.75, 3.05) is 5.32 Å². The highest BCUT2D eigenvalue weighted by Gasteiger charge is 2.31. The quantitative estimate of drug-likeness (QED) is 0.436. The lowest BCUT2D eigenvalue weighted by Gasteiger charge is -2.20. The van der Waals surface area contributed by atoms with E-state index in [2.05, 4.69) is 12.2 Å². The van der Waals surface area contributed by atoms with Gasteiger partial charge >= 0.3 is 0 Å². The van der Waals surface area contributed by atoms with Crippen LogP contribution < -0.4 is 5.32 Å². The molecule has 3 rings (SSSR count). The highest BCUT2D eigenvalue weighted by molar-refractivity contribution is 6.30. The normalized spacial score (nSPS) is 12.4. The molecule has 2 aromatic rings. The molecule has 0 saturated heterocycles. The molecule has 0 radical (unpaired) electrons. The van der Waals surface area contributed by atoms with Crippen molar-refractivity contribution < 1.29 is 14.4 Å². The fourth-order valence-corrected chi connectivity index (χ4v) is 3.88. The summed E-state index contributed by atoms with van der Waals surface area (Å²) in [4.78, 5) is 38.1. The molecule has 4 nitrogen and oxygen atoms in total. The molecule has 29 heavy (non-hydrogen) atoms. The number of anilines is 1. The van der Waals surface area contributed by atoms with Crippen molar-refractivity contribution in [1.29, 1.82) is 0 Å². The van der Waals surface area contributed by atoms with Crippen LogP contribution in [0.2, 0.25) is 0 Å². The predicted octanol–water partition coefficient (Wildman–Crippen LogP) is 5.93. The highest BCUT2D eigenvalue weighted by atomic mass is 16.2. The van der Waals surface area contributed by atoms with E-state index in [-0.39, 0.29) is 17.5 Å². The third-order valence-electron chi connectivity index (χ3n) is 5.48. The number of hydrogen-bond donors (Lipinski definition) is 1. The summed E-state index contributed by atoms with van der Waals surface area (Å²) in [6.45, 7) is 2.21. The number of nitrogens with one attached hydrogen (secondary N) is 1. The molecule has 0 aromatic heterocycles. The molecule has 0 aliphatic heterocycles. The van der Waals surface area contributed by atoms with Crippen LogP contribution in [0.25, 0.3) is 0 Å². The molecule has 0 spiro atoms. The first-order valence-corrected chi connectivity index (χ1v) is 10.7. The fourth-order valence-electron chi connectivity index (χ4n) is 3.88. The Morgan fingerprint density at radius 2 is 1.31 bits per heavy atom. The van der Waals surface area contributed by atoms with Gasteiger partial charge in [0.2, 0.25) is 5.91 Å². The van der Waals surface area contributed by atoms with Gasteiger partial charge in [-0.05, 0) is 12.5 Å². The van der Waals surface area contributed by atoms with E-state index in [1.165, 1.54) is 32.1 Å². The highest BCUT2D eigenvalue weighted by Crippen LogP contribution is 2.32. The minimum absolute atomic E-state index is 0.108. The average Bonchev–Trinajstić information content (AvgIpc) is 2.74. The van der Waals surface area contributed by atoms with E-state index in [9.17, 15) is 14.4 Å². The molecule has 0 unspecified atom stereocenters. The van der Waals surface area contributed by atoms with Gasteiger partial charge in [-0.15, -0.1) is 0 Å². The second-order valence-corrected chi connectivity index (χ2v) is 7.71. The summed E-state index contributed by atoms with van der Waals surface area (Å²) in [5, 5.41) is 2.86. The minimum Gasteiger partial charge on any atom is -0.325 e. The number of carbonyl (C=O) groups excluding carboxylic acids is 3. The lowest BCUT2D eigenvalue weighted by atomic mass is 9.83. The van der Waals surface area contributed by atoms with Crippen molar-refractivity contribution >= 4 is 23.2 Å². The summed E-state index contributed by atoms with van der Waals surface area (Å²) >= 11 is 0. The lowest BCUT2D eigenvalue weighted by molar-refractivity contribution is -0.116. The number of rotatable bonds is 10. The summed E-state index contributed by atoms with van der Waals surface area (Å²) in [6, 6.07) is 11.9. The Bertz CT molecular complexity index is 901. The van der Waals surface area contributed by atoms with E-state index in [1.54, 1.807) is 42.5 Å². The zero-order valence-corrected chi connectivity index (χ0v) is 17.1. The predicted molar refractivity (Wildman–Crippen MR) is 116 cm³/mol. The molecular weight excluding hydrogens is 362 g/mol. The van der Waals surface area contributed by atoms with Crippen LogP contribution in [0.1, 0.15) is 96.6 Å². The van der Waals surface area contributed by atoms with Gasteiger partial charge in [0, 0.05) is 23.1 Å². The Labute approximate surface area is 172 Å². The van der Waals surface area contributed by atoms with Crippen LogP contribution in [-0.4, -0.2) is 17.5 Å². The minimum atomic E-state index is -0.210. The third-order valence-corrected chi connectivity index (χ3v) is 5.48. The number of unbranched alkanes of at least 4 members (excludes halogenated alkanes) is 7. The van der Waals surface area contributed by atoms with Crippen LogP contribution >= 0.6 is 0 Å². The molecule has 1 N–H and O–H groups in total. The molecule has 1 aliphatic carbocycles. The van der Waals surface area contributed by atoms with Crippen LogP contribution in [0.3, 0.4) is 0 Å². The van der Waals surface area contributed by atoms with Gasteiger partial charge in [-0.2, -0.15) is 0 Å². The number of amides is 1. The van der Waals surface area contributed by atoms with Gasteiger partial charge in [-0.3, -0.25) is 14.4 Å². The van der Waals surface area contributed by atoms with Gasteiger partial charge in [0.1, 0.15) is 0 Å². The molecule has 1 amide bonds. The molecular formula is C25H29NO3. The van der Waals surface area contributed by atoms with Crippen molar-refractivity contribution in [3.8, 4) is 0 Å². The van der Waals surface area contributed by atoms with Gasteiger partial charge in [0.25, 0.3) is 0 Å². The molecule has 0 atom stereocenters. The molecule has 0 heterocycles. The van der Waals surface area contributed by atoms with Crippen molar-refractivity contribution in [3.05, 3.63) is 64.7 Å². The standard InChI is InChI=1S/C25H29NO3/c1-2-3-4-5-6-7-8-9-17-22(27)26-21-16-12-15-20-23(21)25(29)19-14-11-10-13-18(19)24(20)28/h10-16H,2-9,17H2,1H3,(H,26,27). The lowest BCUT2D eigenvalue weighted by Crippen LogP contribution is -2.23. The second-order valence-electron chi connectivity index (χ2n) is 7.71. The smallest absolute Gasteiger partial charge is 0.224 e. The first-order valence-electron chi connectivity index (χ1n) is 10.7. The summed E-state index contributed by atoms with van der Waals surface area (Å²) in [5.74, 6) is -0.490. The van der Waals surface area contributed by atoms with Crippen molar-refractivity contribution in [2.24, 2.45) is 0 Å². The first-order chi connectivity index (χ1) is 14.1. The van der Waals surface area contributed by atoms with E-state index in [4.69, 9.17) is 0 Å². The Morgan fingerprint density at radius 3 is 2.00 bits per heavy atom. The molecule has 152 valence electrons. The van der Waals surface area contributed by atoms with Gasteiger partial charge in [-0.1, -0.05) is 88.3 Å². The zero-order valence-electron chi connectivity index (χ0n) is 17.1. The zero-order chi connectivity index (χ0) is 20.6. The number of fused-ring (bicyclic) bond motifs is 2. The van der Waals surface area contributed by atoms with Crippen LogP contribution in [0, 0.1) is 0 Å². The Hall–Kier alpha value is -2.75. The molecule has 2 aromatic carbocycles. The SMILES string of the molecule is CCCCCCCCCCC(=O)Nc1cccc2c1C(=O)c1ccccc1C2=O. The molecule has 0 fully saturated rings. The van der Waals surface area contributed by atoms with Crippen LogP contribution in [0.15, 0.2) is 42.5 Å². The van der Waals surface area contributed by atoms with Crippen LogP contribution in [0.4, 0.5) is 5.69 Å². The molecule has 0 bridgehead atoms. The molecule has 1 aliphatic rings. The van der Waals surface area contributed by atoms with Crippen molar-refractivity contribution in [2.45, 2.75) is 64.7 Å².